The lowest BCUT2D eigenvalue weighted by Crippen LogP contribution is -2.58. The number of aliphatic hydroxyl groups is 2. The standard InChI is InChI=1S/C16H19NO6S/c1-9-13(19)15(23-10(2)18)14(20)16(22-9)21-7-11-3-5-12(6-4-11)17-8-24/h3-6,9,13-16,19-20H,7H2,1-2H3/t9-,13-,14+,15+,16+/m0/s1. The van der Waals surface area contributed by atoms with E-state index in [0.29, 0.717) is 5.69 Å². The lowest BCUT2D eigenvalue weighted by molar-refractivity contribution is -0.298. The maximum atomic E-state index is 11.1. The summed E-state index contributed by atoms with van der Waals surface area (Å²) in [5, 5.41) is 22.5. The van der Waals surface area contributed by atoms with Crippen LogP contribution < -0.4 is 0 Å². The number of isothiocyanates is 1. The van der Waals surface area contributed by atoms with Crippen molar-refractivity contribution in [3.05, 3.63) is 29.8 Å². The summed E-state index contributed by atoms with van der Waals surface area (Å²) < 4.78 is 16.0. The van der Waals surface area contributed by atoms with Gasteiger partial charge in [-0.25, -0.2) is 0 Å². The molecule has 1 aliphatic rings. The van der Waals surface area contributed by atoms with Crippen LogP contribution in [0.2, 0.25) is 0 Å². The number of hydrogen-bond acceptors (Lipinski definition) is 8. The fraction of sp³-hybridized carbons (Fsp3) is 0.500. The van der Waals surface area contributed by atoms with Crippen LogP contribution in [0, 0.1) is 0 Å². The molecule has 1 fully saturated rings. The van der Waals surface area contributed by atoms with Crippen molar-refractivity contribution < 1.29 is 29.2 Å². The molecular formula is C16H19NO6S. The van der Waals surface area contributed by atoms with Crippen LogP contribution in [0.1, 0.15) is 19.4 Å². The summed E-state index contributed by atoms with van der Waals surface area (Å²) in [7, 11) is 0. The minimum absolute atomic E-state index is 0.166. The summed E-state index contributed by atoms with van der Waals surface area (Å²) >= 11 is 4.54. The van der Waals surface area contributed by atoms with Crippen molar-refractivity contribution in [2.75, 3.05) is 0 Å². The van der Waals surface area contributed by atoms with E-state index < -0.39 is 36.7 Å². The SMILES string of the molecule is CC(=O)O[C@@H]1[C@@H](O)[C@H](C)O[C@@H](OCc2ccc(N=C=S)cc2)[C@@H]1O. The maximum Gasteiger partial charge on any atom is 0.303 e. The Morgan fingerprint density at radius 3 is 2.58 bits per heavy atom. The second-order valence-electron chi connectivity index (χ2n) is 5.45. The van der Waals surface area contributed by atoms with Gasteiger partial charge < -0.3 is 24.4 Å². The van der Waals surface area contributed by atoms with Crippen molar-refractivity contribution in [3.8, 4) is 0 Å². The second-order valence-corrected chi connectivity index (χ2v) is 5.63. The van der Waals surface area contributed by atoms with Gasteiger partial charge in [-0.05, 0) is 36.8 Å². The second kappa shape index (κ2) is 8.43. The smallest absolute Gasteiger partial charge is 0.303 e. The van der Waals surface area contributed by atoms with Crippen molar-refractivity contribution in [2.24, 2.45) is 4.99 Å². The van der Waals surface area contributed by atoms with Gasteiger partial charge in [0, 0.05) is 6.92 Å². The van der Waals surface area contributed by atoms with Gasteiger partial charge in [0.25, 0.3) is 0 Å². The zero-order valence-corrected chi connectivity index (χ0v) is 14.1. The van der Waals surface area contributed by atoms with E-state index in [9.17, 15) is 15.0 Å². The molecule has 2 N–H and O–H groups in total. The molecule has 2 rings (SSSR count). The van der Waals surface area contributed by atoms with Gasteiger partial charge in [-0.15, -0.1) is 0 Å². The molecule has 130 valence electrons. The lowest BCUT2D eigenvalue weighted by Gasteiger charge is -2.40. The first kappa shape index (κ1) is 18.7. The normalized spacial score (nSPS) is 29.6. The average molecular weight is 353 g/mol. The van der Waals surface area contributed by atoms with E-state index in [1.165, 1.54) is 6.92 Å². The zero-order valence-electron chi connectivity index (χ0n) is 13.3. The van der Waals surface area contributed by atoms with Crippen LogP contribution in [0.25, 0.3) is 0 Å². The van der Waals surface area contributed by atoms with Crippen LogP contribution in [-0.2, 0) is 25.6 Å². The molecule has 0 bridgehead atoms. The Bertz CT molecular complexity index is 615. The molecule has 0 amide bonds. The number of aliphatic hydroxyl groups excluding tert-OH is 2. The Hall–Kier alpha value is -1.67. The molecule has 0 radical (unpaired) electrons. The molecule has 8 heteroatoms. The maximum absolute atomic E-state index is 11.1. The monoisotopic (exact) mass is 353 g/mol. The van der Waals surface area contributed by atoms with Crippen LogP contribution in [0.3, 0.4) is 0 Å². The number of rotatable bonds is 5. The molecule has 1 aromatic rings. The van der Waals surface area contributed by atoms with Crippen LogP contribution in [-0.4, -0.2) is 52.0 Å². The number of thiocarbonyl (C=S) groups is 1. The van der Waals surface area contributed by atoms with Gasteiger partial charge in [-0.1, -0.05) is 12.1 Å². The number of esters is 1. The van der Waals surface area contributed by atoms with Crippen molar-refractivity contribution in [1.82, 2.24) is 0 Å². The largest absolute Gasteiger partial charge is 0.457 e. The molecule has 1 aliphatic heterocycles. The van der Waals surface area contributed by atoms with Crippen LogP contribution in [0.4, 0.5) is 5.69 Å². The summed E-state index contributed by atoms with van der Waals surface area (Å²) in [4.78, 5) is 15.0. The van der Waals surface area contributed by atoms with Crippen LogP contribution in [0.5, 0.6) is 0 Å². The highest BCUT2D eigenvalue weighted by Crippen LogP contribution is 2.25. The van der Waals surface area contributed by atoms with E-state index in [0.717, 1.165) is 5.56 Å². The first-order valence-corrected chi connectivity index (χ1v) is 7.80. The van der Waals surface area contributed by atoms with Gasteiger partial charge >= 0.3 is 5.97 Å². The number of carbonyl (C=O) groups is 1. The van der Waals surface area contributed by atoms with Gasteiger partial charge in [0.15, 0.2) is 12.4 Å². The van der Waals surface area contributed by atoms with Crippen molar-refractivity contribution in [1.29, 1.82) is 0 Å². The molecule has 5 atom stereocenters. The molecule has 0 aromatic heterocycles. The van der Waals surface area contributed by atoms with Crippen molar-refractivity contribution >= 4 is 29.0 Å². The minimum atomic E-state index is -1.29. The number of hydrogen-bond donors (Lipinski definition) is 2. The fourth-order valence-electron chi connectivity index (χ4n) is 2.36. The van der Waals surface area contributed by atoms with E-state index in [4.69, 9.17) is 14.2 Å². The summed E-state index contributed by atoms with van der Waals surface area (Å²) in [6.45, 7) is 2.99. The van der Waals surface area contributed by atoms with Gasteiger partial charge in [0.05, 0.1) is 23.6 Å². The van der Waals surface area contributed by atoms with E-state index in [-0.39, 0.29) is 6.61 Å². The van der Waals surface area contributed by atoms with Gasteiger partial charge in [0.2, 0.25) is 0 Å². The topological polar surface area (TPSA) is 97.6 Å². The highest BCUT2D eigenvalue weighted by Gasteiger charge is 2.45. The molecule has 0 saturated carbocycles. The third-order valence-electron chi connectivity index (χ3n) is 3.61. The zero-order chi connectivity index (χ0) is 17.7. The molecule has 7 nitrogen and oxygen atoms in total. The summed E-state index contributed by atoms with van der Waals surface area (Å²) in [6, 6.07) is 7.10. The summed E-state index contributed by atoms with van der Waals surface area (Å²) in [6.07, 6.45) is -5.20. The van der Waals surface area contributed by atoms with E-state index in [2.05, 4.69) is 22.4 Å². The molecule has 0 unspecified atom stereocenters. The Morgan fingerprint density at radius 2 is 2.00 bits per heavy atom. The van der Waals surface area contributed by atoms with E-state index in [1.54, 1.807) is 31.2 Å². The Morgan fingerprint density at radius 1 is 1.33 bits per heavy atom. The van der Waals surface area contributed by atoms with Crippen molar-refractivity contribution in [3.63, 3.8) is 0 Å². The molecule has 24 heavy (non-hydrogen) atoms. The van der Waals surface area contributed by atoms with Gasteiger partial charge in [-0.2, -0.15) is 4.99 Å². The number of benzene rings is 1. The highest BCUT2D eigenvalue weighted by molar-refractivity contribution is 7.78. The first-order valence-electron chi connectivity index (χ1n) is 7.39. The Kier molecular flexibility index (Phi) is 6.56. The fourth-order valence-corrected chi connectivity index (χ4v) is 2.47. The lowest BCUT2D eigenvalue weighted by atomic mass is 9.99. The first-order chi connectivity index (χ1) is 11.4. The predicted molar refractivity (Wildman–Crippen MR) is 87.8 cm³/mol. The molecule has 0 aliphatic carbocycles. The summed E-state index contributed by atoms with van der Waals surface area (Å²) in [5.74, 6) is -0.597. The Balaban J connectivity index is 2.00. The number of carbonyl (C=O) groups excluding carboxylic acids is 1. The van der Waals surface area contributed by atoms with E-state index in [1.807, 2.05) is 0 Å². The molecule has 0 spiro atoms. The number of aliphatic imine (C=N–C) groups is 1. The third kappa shape index (κ3) is 4.67. The van der Waals surface area contributed by atoms with Gasteiger partial charge in [-0.3, -0.25) is 4.79 Å². The number of ether oxygens (including phenoxy) is 3. The quantitative estimate of drug-likeness (QED) is 0.468. The third-order valence-corrected chi connectivity index (χ3v) is 3.70. The minimum Gasteiger partial charge on any atom is -0.457 e. The van der Waals surface area contributed by atoms with Crippen LogP contribution >= 0.6 is 12.2 Å². The van der Waals surface area contributed by atoms with Crippen molar-refractivity contribution in [2.45, 2.75) is 51.2 Å². The molecule has 1 saturated heterocycles. The van der Waals surface area contributed by atoms with Gasteiger partial charge in [0.1, 0.15) is 12.2 Å². The summed E-state index contributed by atoms with van der Waals surface area (Å²) in [5.41, 5.74) is 1.51. The highest BCUT2D eigenvalue weighted by atomic mass is 32.1. The van der Waals surface area contributed by atoms with Crippen LogP contribution in [0.15, 0.2) is 29.3 Å². The molecule has 1 aromatic carbocycles. The average Bonchev–Trinajstić information content (AvgIpc) is 2.55. The predicted octanol–water partition coefficient (Wildman–Crippen LogP) is 1.34. The Labute approximate surface area is 144 Å². The molecule has 1 heterocycles. The number of nitrogens with zero attached hydrogens (tertiary/aromatic N) is 1. The molecular weight excluding hydrogens is 334 g/mol. The van der Waals surface area contributed by atoms with E-state index >= 15 is 0 Å².